The molecule has 1 N–H and O–H groups in total. The average molecular weight is 287 g/mol. The zero-order valence-electron chi connectivity index (χ0n) is 8.67. The summed E-state index contributed by atoms with van der Waals surface area (Å²) in [6, 6.07) is 5.42. The minimum absolute atomic E-state index is 0.161. The van der Waals surface area contributed by atoms with Gasteiger partial charge in [-0.25, -0.2) is 4.39 Å². The van der Waals surface area contributed by atoms with Gasteiger partial charge in [0.15, 0.2) is 0 Å². The molecule has 0 saturated heterocycles. The summed E-state index contributed by atoms with van der Waals surface area (Å²) in [6.45, 7) is -0.507. The number of halogens is 2. The molecule has 1 aliphatic carbocycles. The van der Waals surface area contributed by atoms with E-state index < -0.39 is 12.6 Å². The van der Waals surface area contributed by atoms with Crippen molar-refractivity contribution < 1.29 is 14.3 Å². The van der Waals surface area contributed by atoms with Crippen molar-refractivity contribution >= 4 is 21.9 Å². The lowest BCUT2D eigenvalue weighted by Gasteiger charge is -2.14. The van der Waals surface area contributed by atoms with Crippen molar-refractivity contribution in [3.63, 3.8) is 0 Å². The van der Waals surface area contributed by atoms with Gasteiger partial charge < -0.3 is 5.11 Å². The Morgan fingerprint density at radius 2 is 2.19 bits per heavy atom. The van der Waals surface area contributed by atoms with Crippen LogP contribution in [0.5, 0.6) is 0 Å². The molecular formula is C12H12BrFO2. The van der Waals surface area contributed by atoms with Crippen LogP contribution in [0, 0.1) is 0 Å². The van der Waals surface area contributed by atoms with Crippen molar-refractivity contribution in [2.45, 2.75) is 31.4 Å². The van der Waals surface area contributed by atoms with Crippen LogP contribution in [0.4, 0.5) is 4.39 Å². The molecule has 1 saturated carbocycles. The maximum Gasteiger partial charge on any atom is 0.304 e. The van der Waals surface area contributed by atoms with Crippen LogP contribution >= 0.6 is 15.9 Å². The van der Waals surface area contributed by atoms with Gasteiger partial charge in [-0.05, 0) is 30.0 Å². The van der Waals surface area contributed by atoms with Gasteiger partial charge in [0.05, 0.1) is 6.42 Å². The number of aliphatic carboxylic acids is 1. The maximum atomic E-state index is 12.5. The van der Waals surface area contributed by atoms with Crippen LogP contribution < -0.4 is 0 Å². The molecular weight excluding hydrogens is 275 g/mol. The summed E-state index contributed by atoms with van der Waals surface area (Å²) in [5, 5.41) is 8.85. The number of hydrogen-bond donors (Lipinski definition) is 1. The quantitative estimate of drug-likeness (QED) is 0.921. The zero-order chi connectivity index (χ0) is 11.8. The Labute approximate surface area is 102 Å². The summed E-state index contributed by atoms with van der Waals surface area (Å²) >= 11 is 3.31. The van der Waals surface area contributed by atoms with E-state index in [9.17, 15) is 9.18 Å². The fourth-order valence-electron chi connectivity index (χ4n) is 1.99. The fraction of sp³-hybridized carbons (Fsp3) is 0.417. The molecule has 86 valence electrons. The predicted octanol–water partition coefficient (Wildman–Crippen LogP) is 3.42. The molecule has 0 unspecified atom stereocenters. The first kappa shape index (κ1) is 11.6. The van der Waals surface area contributed by atoms with Crippen molar-refractivity contribution in [1.82, 2.24) is 0 Å². The summed E-state index contributed by atoms with van der Waals surface area (Å²) in [5.74, 6) is -0.775. The van der Waals surface area contributed by atoms with E-state index >= 15 is 0 Å². The molecule has 0 amide bonds. The Hall–Kier alpha value is -0.900. The van der Waals surface area contributed by atoms with E-state index in [1.54, 1.807) is 6.07 Å². The summed E-state index contributed by atoms with van der Waals surface area (Å²) in [4.78, 5) is 10.8. The summed E-state index contributed by atoms with van der Waals surface area (Å²) in [5.41, 5.74) is 1.40. The molecule has 2 nitrogen and oxygen atoms in total. The Morgan fingerprint density at radius 3 is 2.62 bits per heavy atom. The third-order valence-corrected chi connectivity index (χ3v) is 3.89. The number of carbonyl (C=O) groups is 1. The van der Waals surface area contributed by atoms with Crippen LogP contribution in [-0.2, 0) is 16.9 Å². The van der Waals surface area contributed by atoms with E-state index in [0.29, 0.717) is 5.56 Å². The van der Waals surface area contributed by atoms with E-state index in [-0.39, 0.29) is 11.8 Å². The average Bonchev–Trinajstić information content (AvgIpc) is 2.98. The molecule has 1 aliphatic rings. The van der Waals surface area contributed by atoms with Gasteiger partial charge in [0.2, 0.25) is 0 Å². The van der Waals surface area contributed by atoms with E-state index in [4.69, 9.17) is 5.11 Å². The van der Waals surface area contributed by atoms with Crippen LogP contribution in [0.3, 0.4) is 0 Å². The largest absolute Gasteiger partial charge is 0.481 e. The molecule has 1 aromatic carbocycles. The van der Waals surface area contributed by atoms with Gasteiger partial charge in [0, 0.05) is 9.89 Å². The van der Waals surface area contributed by atoms with Crippen molar-refractivity contribution in [2.24, 2.45) is 0 Å². The van der Waals surface area contributed by atoms with Crippen LogP contribution in [-0.4, -0.2) is 11.1 Å². The highest BCUT2D eigenvalue weighted by Crippen LogP contribution is 2.51. The predicted molar refractivity (Wildman–Crippen MR) is 62.1 cm³/mol. The Kier molecular flexibility index (Phi) is 3.02. The Bertz CT molecular complexity index is 427. The second kappa shape index (κ2) is 4.17. The fourth-order valence-corrected chi connectivity index (χ4v) is 2.48. The third-order valence-electron chi connectivity index (χ3n) is 3.15. The number of carboxylic acids is 1. The lowest BCUT2D eigenvalue weighted by molar-refractivity contribution is -0.137. The SMILES string of the molecule is O=C(O)CC1(c2ccc(CF)c(Br)c2)CC1. The standard InChI is InChI=1S/C12H12BrFO2/c13-10-5-9(2-1-8(10)7-14)12(3-4-12)6-11(15)16/h1-2,5H,3-4,6-7H2,(H,15,16). The molecule has 0 bridgehead atoms. The lowest BCUT2D eigenvalue weighted by atomic mass is 9.92. The van der Waals surface area contributed by atoms with Crippen molar-refractivity contribution in [3.8, 4) is 0 Å². The maximum absolute atomic E-state index is 12.5. The van der Waals surface area contributed by atoms with Crippen molar-refractivity contribution in [1.29, 1.82) is 0 Å². The smallest absolute Gasteiger partial charge is 0.304 e. The number of alkyl halides is 1. The molecule has 0 spiro atoms. The Morgan fingerprint density at radius 1 is 1.50 bits per heavy atom. The van der Waals surface area contributed by atoms with Crippen LogP contribution in [0.1, 0.15) is 30.4 Å². The molecule has 0 heterocycles. The van der Waals surface area contributed by atoms with Gasteiger partial charge in [-0.1, -0.05) is 28.1 Å². The van der Waals surface area contributed by atoms with Crippen molar-refractivity contribution in [3.05, 3.63) is 33.8 Å². The van der Waals surface area contributed by atoms with Crippen molar-refractivity contribution in [2.75, 3.05) is 0 Å². The summed E-state index contributed by atoms with van der Waals surface area (Å²) in [6.07, 6.45) is 1.97. The summed E-state index contributed by atoms with van der Waals surface area (Å²) < 4.78 is 13.2. The first-order chi connectivity index (χ1) is 7.57. The molecule has 1 aromatic rings. The topological polar surface area (TPSA) is 37.3 Å². The van der Waals surface area contributed by atoms with E-state index in [1.165, 1.54) is 0 Å². The van der Waals surface area contributed by atoms with E-state index in [1.807, 2.05) is 12.1 Å². The first-order valence-electron chi connectivity index (χ1n) is 5.14. The molecule has 0 aromatic heterocycles. The normalized spacial score (nSPS) is 17.1. The van der Waals surface area contributed by atoms with Crippen LogP contribution in [0.25, 0.3) is 0 Å². The Balaban J connectivity index is 2.28. The van der Waals surface area contributed by atoms with Gasteiger partial charge >= 0.3 is 5.97 Å². The van der Waals surface area contributed by atoms with Crippen LogP contribution in [0.2, 0.25) is 0 Å². The second-order valence-corrected chi connectivity index (χ2v) is 5.15. The number of benzene rings is 1. The molecule has 0 aliphatic heterocycles. The number of rotatable bonds is 4. The number of carboxylic acid groups (broad SMARTS) is 1. The first-order valence-corrected chi connectivity index (χ1v) is 5.93. The molecule has 0 atom stereocenters. The molecule has 4 heteroatoms. The highest BCUT2D eigenvalue weighted by atomic mass is 79.9. The van der Waals surface area contributed by atoms with Gasteiger partial charge in [0.25, 0.3) is 0 Å². The van der Waals surface area contributed by atoms with E-state index in [2.05, 4.69) is 15.9 Å². The lowest BCUT2D eigenvalue weighted by Crippen LogP contribution is -2.13. The zero-order valence-corrected chi connectivity index (χ0v) is 10.3. The third kappa shape index (κ3) is 2.12. The number of hydrogen-bond acceptors (Lipinski definition) is 1. The van der Waals surface area contributed by atoms with Gasteiger partial charge in [-0.3, -0.25) is 4.79 Å². The molecule has 16 heavy (non-hydrogen) atoms. The highest BCUT2D eigenvalue weighted by Gasteiger charge is 2.46. The molecule has 1 fully saturated rings. The van der Waals surface area contributed by atoms with Gasteiger partial charge in [0.1, 0.15) is 6.67 Å². The van der Waals surface area contributed by atoms with Gasteiger partial charge in [-0.15, -0.1) is 0 Å². The van der Waals surface area contributed by atoms with E-state index in [0.717, 1.165) is 22.9 Å². The van der Waals surface area contributed by atoms with Crippen LogP contribution in [0.15, 0.2) is 22.7 Å². The van der Waals surface area contributed by atoms with Gasteiger partial charge in [-0.2, -0.15) is 0 Å². The highest BCUT2D eigenvalue weighted by molar-refractivity contribution is 9.10. The summed E-state index contributed by atoms with van der Waals surface area (Å²) in [7, 11) is 0. The minimum Gasteiger partial charge on any atom is -0.481 e. The molecule has 0 radical (unpaired) electrons. The minimum atomic E-state index is -0.775. The monoisotopic (exact) mass is 286 g/mol. The second-order valence-electron chi connectivity index (χ2n) is 4.29. The molecule has 2 rings (SSSR count).